The number of amides is 2. The molecule has 4 rings (SSSR count). The van der Waals surface area contributed by atoms with Gasteiger partial charge in [-0.1, -0.05) is 63.4 Å². The van der Waals surface area contributed by atoms with Gasteiger partial charge < -0.3 is 19.5 Å². The Balaban J connectivity index is 1.68. The van der Waals surface area contributed by atoms with E-state index in [2.05, 4.69) is 5.32 Å². The van der Waals surface area contributed by atoms with Crippen molar-refractivity contribution in [3.8, 4) is 5.75 Å². The third kappa shape index (κ3) is 12.1. The van der Waals surface area contributed by atoms with E-state index in [1.807, 2.05) is 44.2 Å². The van der Waals surface area contributed by atoms with E-state index in [9.17, 15) is 27.9 Å². The maximum absolute atomic E-state index is 14.3. The molecule has 54 heavy (non-hydrogen) atoms. The Morgan fingerprint density at radius 1 is 0.907 bits per heavy atom. The van der Waals surface area contributed by atoms with E-state index in [4.69, 9.17) is 9.47 Å². The molecule has 294 valence electrons. The van der Waals surface area contributed by atoms with E-state index in [0.29, 0.717) is 5.75 Å². The summed E-state index contributed by atoms with van der Waals surface area (Å²) in [7, 11) is -0.759. The number of carbonyl (C=O) groups is 3. The number of nitrogens with one attached hydrogen (secondary N) is 1. The van der Waals surface area contributed by atoms with E-state index in [0.717, 1.165) is 37.7 Å². The number of hydrogen-bond acceptors (Lipinski definition) is 8. The average Bonchev–Trinajstić information content (AvgIpc) is 3.13. The molecule has 0 spiro atoms. The maximum atomic E-state index is 14.3. The molecule has 3 aromatic rings. The van der Waals surface area contributed by atoms with Gasteiger partial charge in [-0.3, -0.25) is 14.9 Å². The van der Waals surface area contributed by atoms with Crippen LogP contribution in [0.25, 0.3) is 0 Å². The second kappa shape index (κ2) is 18.9. The fourth-order valence-electron chi connectivity index (χ4n) is 6.79. The number of nitrogens with zero attached hydrogens (tertiary/aromatic N) is 2. The first kappa shape index (κ1) is 42.5. The van der Waals surface area contributed by atoms with E-state index in [1.54, 1.807) is 50.9 Å². The average molecular weight is 764 g/mol. The summed E-state index contributed by atoms with van der Waals surface area (Å²) in [5.41, 5.74) is 0.744. The third-order valence-corrected chi connectivity index (χ3v) is 11.4. The van der Waals surface area contributed by atoms with Crippen LogP contribution in [0.15, 0.2) is 77.7 Å². The van der Waals surface area contributed by atoms with Crippen LogP contribution in [0, 0.1) is 11.8 Å². The van der Waals surface area contributed by atoms with Gasteiger partial charge in [0.05, 0.1) is 18.1 Å². The molecule has 0 unspecified atom stereocenters. The van der Waals surface area contributed by atoms with Crippen LogP contribution in [0.4, 0.5) is 10.5 Å². The van der Waals surface area contributed by atoms with Crippen molar-refractivity contribution in [2.24, 2.45) is 11.8 Å². The molecule has 2 atom stereocenters. The molecule has 0 aromatic heterocycles. The molecule has 12 heteroatoms. The van der Waals surface area contributed by atoms with Crippen LogP contribution >= 0.6 is 0 Å². The largest absolute Gasteiger partial charge is 0.497 e. The number of rotatable bonds is 16. The highest BCUT2D eigenvalue weighted by atomic mass is 32.2. The molecule has 1 aliphatic rings. The van der Waals surface area contributed by atoms with Gasteiger partial charge in [0.15, 0.2) is 5.78 Å². The van der Waals surface area contributed by atoms with Gasteiger partial charge >= 0.3 is 6.09 Å². The topological polar surface area (TPSA) is 143 Å². The Hall–Kier alpha value is -4.26. The molecule has 11 nitrogen and oxygen atoms in total. The minimum absolute atomic E-state index is 0.0534. The number of benzene rings is 3. The highest BCUT2D eigenvalue weighted by molar-refractivity contribution is 7.89. The van der Waals surface area contributed by atoms with Crippen LogP contribution in [0.2, 0.25) is 0 Å². The first-order valence-electron chi connectivity index (χ1n) is 18.8. The SMILES string of the molecule is COc1ccc(S(=O)(=O)N(CC(C)C)C[C@@H](O)[C@@H](CC(=O)c2cc(NC(=O)OC(C)(C)C)cc(C(=O)N(C)C3CCCCC3)c2)Cc2ccccc2)cc1. The summed E-state index contributed by atoms with van der Waals surface area (Å²) in [6, 6.07) is 20.2. The number of carbonyl (C=O) groups excluding carboxylic acids is 3. The second-order valence-corrected chi connectivity index (χ2v) is 17.6. The first-order valence-corrected chi connectivity index (χ1v) is 20.2. The van der Waals surface area contributed by atoms with Gasteiger partial charge in [-0.25, -0.2) is 13.2 Å². The van der Waals surface area contributed by atoms with Crippen molar-refractivity contribution in [3.05, 3.63) is 89.5 Å². The molecule has 0 radical (unpaired) electrons. The summed E-state index contributed by atoms with van der Waals surface area (Å²) < 4.78 is 39.8. The van der Waals surface area contributed by atoms with Crippen LogP contribution < -0.4 is 10.1 Å². The smallest absolute Gasteiger partial charge is 0.412 e. The lowest BCUT2D eigenvalue weighted by Gasteiger charge is -2.31. The molecule has 0 aliphatic heterocycles. The zero-order valence-corrected chi connectivity index (χ0v) is 33.5. The van der Waals surface area contributed by atoms with Gasteiger partial charge in [0, 0.05) is 49.4 Å². The number of ketones is 1. The monoisotopic (exact) mass is 763 g/mol. The number of anilines is 1. The summed E-state index contributed by atoms with van der Waals surface area (Å²) in [5.74, 6) is -0.875. The standard InChI is InChI=1S/C42H57N3O8S/c1-29(2)27-45(54(50,51)37-20-18-36(52-7)19-21-37)28-39(47)31(22-30-14-10-8-11-15-30)26-38(46)32-23-33(40(48)44(6)35-16-12-9-13-17-35)25-34(24-32)43-41(49)53-42(3,4)5/h8,10-11,14-15,18-21,23-25,29,31,35,39,47H,9,12-13,16-17,22,26-28H2,1-7H3,(H,43,49)/t31-,39-/m1/s1. The molecule has 3 aromatic carbocycles. The Morgan fingerprint density at radius 2 is 1.54 bits per heavy atom. The van der Waals surface area contributed by atoms with Crippen molar-refractivity contribution < 1.29 is 37.4 Å². The molecular formula is C42H57N3O8S. The van der Waals surface area contributed by atoms with Gasteiger partial charge in [-0.15, -0.1) is 0 Å². The van der Waals surface area contributed by atoms with Crippen LogP contribution in [-0.4, -0.2) is 85.5 Å². The predicted molar refractivity (Wildman–Crippen MR) is 210 cm³/mol. The Bertz CT molecular complexity index is 1820. The fourth-order valence-corrected chi connectivity index (χ4v) is 8.41. The summed E-state index contributed by atoms with van der Waals surface area (Å²) in [5, 5.41) is 14.6. The summed E-state index contributed by atoms with van der Waals surface area (Å²) in [6.07, 6.45) is 3.16. The molecule has 1 aliphatic carbocycles. The first-order chi connectivity index (χ1) is 25.5. The lowest BCUT2D eigenvalue weighted by molar-refractivity contribution is 0.0632. The third-order valence-electron chi connectivity index (χ3n) is 9.58. The van der Waals surface area contributed by atoms with E-state index >= 15 is 0 Å². The number of ether oxygens (including phenoxy) is 2. The zero-order valence-electron chi connectivity index (χ0n) is 32.7. The molecule has 0 saturated heterocycles. The molecule has 2 N–H and O–H groups in total. The lowest BCUT2D eigenvalue weighted by atomic mass is 9.87. The number of methoxy groups -OCH3 is 1. The second-order valence-electron chi connectivity index (χ2n) is 15.7. The normalized spacial score (nSPS) is 15.1. The van der Waals surface area contributed by atoms with Gasteiger partial charge in [0.2, 0.25) is 10.0 Å². The molecular weight excluding hydrogens is 707 g/mol. The summed E-state index contributed by atoms with van der Waals surface area (Å²) in [4.78, 5) is 42.8. The quantitative estimate of drug-likeness (QED) is 0.142. The molecule has 0 bridgehead atoms. The minimum atomic E-state index is -4.03. The lowest BCUT2D eigenvalue weighted by Crippen LogP contribution is -2.43. The Labute approximate surface area is 321 Å². The fraction of sp³-hybridized carbons (Fsp3) is 0.500. The summed E-state index contributed by atoms with van der Waals surface area (Å²) in [6.45, 7) is 8.92. The molecule has 1 fully saturated rings. The van der Waals surface area contributed by atoms with Crippen LogP contribution in [-0.2, 0) is 21.2 Å². The van der Waals surface area contributed by atoms with E-state index < -0.39 is 33.7 Å². The van der Waals surface area contributed by atoms with Gasteiger partial charge in [0.1, 0.15) is 11.4 Å². The molecule has 2 amide bonds. The van der Waals surface area contributed by atoms with Crippen LogP contribution in [0.3, 0.4) is 0 Å². The number of aliphatic hydroxyl groups excluding tert-OH is 1. The zero-order chi connectivity index (χ0) is 39.6. The highest BCUT2D eigenvalue weighted by Crippen LogP contribution is 2.28. The van der Waals surface area contributed by atoms with Gasteiger partial charge in [0.25, 0.3) is 5.91 Å². The minimum Gasteiger partial charge on any atom is -0.497 e. The molecule has 0 heterocycles. The van der Waals surface area contributed by atoms with Gasteiger partial charge in [-0.05, 0) is 99.9 Å². The number of sulfonamides is 1. The number of hydrogen-bond donors (Lipinski definition) is 2. The van der Waals surface area contributed by atoms with Crippen molar-refractivity contribution in [2.75, 3.05) is 32.6 Å². The predicted octanol–water partition coefficient (Wildman–Crippen LogP) is 7.59. The number of aliphatic hydroxyl groups is 1. The molecule has 1 saturated carbocycles. The summed E-state index contributed by atoms with van der Waals surface area (Å²) >= 11 is 0. The maximum Gasteiger partial charge on any atom is 0.412 e. The van der Waals surface area contributed by atoms with Crippen LogP contribution in [0.1, 0.15) is 99.4 Å². The van der Waals surface area contributed by atoms with Crippen molar-refractivity contribution in [2.45, 2.75) is 102 Å². The van der Waals surface area contributed by atoms with Crippen molar-refractivity contribution in [3.63, 3.8) is 0 Å². The van der Waals surface area contributed by atoms with E-state index in [1.165, 1.54) is 35.7 Å². The Kier molecular flexibility index (Phi) is 14.8. The van der Waals surface area contributed by atoms with Crippen molar-refractivity contribution >= 4 is 33.5 Å². The van der Waals surface area contributed by atoms with Gasteiger partial charge in [-0.2, -0.15) is 4.31 Å². The van der Waals surface area contributed by atoms with E-state index in [-0.39, 0.29) is 71.3 Å². The highest BCUT2D eigenvalue weighted by Gasteiger charge is 2.32. The van der Waals surface area contributed by atoms with Crippen molar-refractivity contribution in [1.82, 2.24) is 9.21 Å². The van der Waals surface area contributed by atoms with Crippen LogP contribution in [0.5, 0.6) is 5.75 Å². The number of Topliss-reactive ketones (excluding diaryl/α,β-unsaturated/α-hetero) is 1. The Morgan fingerprint density at radius 3 is 2.13 bits per heavy atom. The van der Waals surface area contributed by atoms with Crippen molar-refractivity contribution in [1.29, 1.82) is 0 Å².